The van der Waals surface area contributed by atoms with Crippen LogP contribution in [0.1, 0.15) is 5.56 Å². The summed E-state index contributed by atoms with van der Waals surface area (Å²) in [6.07, 6.45) is 1.82. The van der Waals surface area contributed by atoms with Crippen molar-refractivity contribution in [3.8, 4) is 11.3 Å². The first-order valence-electron chi connectivity index (χ1n) is 7.70. The molecule has 0 unspecified atom stereocenters. The number of hydrogen-bond donors (Lipinski definition) is 1. The molecule has 0 aliphatic carbocycles. The summed E-state index contributed by atoms with van der Waals surface area (Å²) in [4.78, 5) is 14.4. The van der Waals surface area contributed by atoms with Crippen molar-refractivity contribution in [2.24, 2.45) is 0 Å². The normalized spacial score (nSPS) is 11.1. The maximum absolute atomic E-state index is 13.9. The molecule has 0 amide bonds. The van der Waals surface area contributed by atoms with Crippen LogP contribution in [0.5, 0.6) is 0 Å². The zero-order chi connectivity index (χ0) is 17.4. The maximum atomic E-state index is 13.9. The van der Waals surface area contributed by atoms with E-state index in [1.165, 1.54) is 12.1 Å². The molecule has 0 aliphatic heterocycles. The summed E-state index contributed by atoms with van der Waals surface area (Å²) in [5, 5.41) is 5.84. The number of H-pyrrole nitrogens is 1. The predicted octanol–water partition coefficient (Wildman–Crippen LogP) is 4.23. The molecule has 2 aromatic carbocycles. The Balaban J connectivity index is 1.73. The van der Waals surface area contributed by atoms with Gasteiger partial charge in [-0.2, -0.15) is 5.10 Å². The summed E-state index contributed by atoms with van der Waals surface area (Å²) in [6, 6.07) is 15.5. The van der Waals surface area contributed by atoms with Crippen molar-refractivity contribution in [3.05, 3.63) is 87.6 Å². The van der Waals surface area contributed by atoms with E-state index in [-0.39, 0.29) is 11.1 Å². The van der Waals surface area contributed by atoms with E-state index < -0.39 is 5.82 Å². The Morgan fingerprint density at radius 1 is 1.12 bits per heavy atom. The lowest BCUT2D eigenvalue weighted by Crippen LogP contribution is -2.10. The summed E-state index contributed by atoms with van der Waals surface area (Å²) < 4.78 is 15.7. The fourth-order valence-corrected chi connectivity index (χ4v) is 3.06. The molecule has 0 fully saturated rings. The number of aromatic nitrogens is 3. The summed E-state index contributed by atoms with van der Waals surface area (Å²) in [7, 11) is 0. The number of nitrogens with zero attached hydrogens (tertiary/aromatic N) is 2. The highest BCUT2D eigenvalue weighted by Crippen LogP contribution is 2.22. The number of rotatable bonds is 3. The molecule has 1 N–H and O–H groups in total. The molecular weight excluding hydrogens is 341 g/mol. The van der Waals surface area contributed by atoms with Crippen LogP contribution in [0.4, 0.5) is 4.39 Å². The van der Waals surface area contributed by atoms with Gasteiger partial charge in [-0.1, -0.05) is 35.9 Å². The van der Waals surface area contributed by atoms with Crippen molar-refractivity contribution in [2.75, 3.05) is 0 Å². The Morgan fingerprint density at radius 2 is 1.96 bits per heavy atom. The van der Waals surface area contributed by atoms with Gasteiger partial charge in [0.25, 0.3) is 0 Å². The van der Waals surface area contributed by atoms with E-state index in [0.717, 1.165) is 11.3 Å². The van der Waals surface area contributed by atoms with Crippen molar-refractivity contribution in [2.45, 2.75) is 6.54 Å². The highest BCUT2D eigenvalue weighted by atomic mass is 35.5. The second-order valence-corrected chi connectivity index (χ2v) is 6.17. The van der Waals surface area contributed by atoms with Gasteiger partial charge in [-0.25, -0.2) is 4.39 Å². The predicted molar refractivity (Wildman–Crippen MR) is 96.3 cm³/mol. The molecular formula is C19H13ClFN3O. The second-order valence-electron chi connectivity index (χ2n) is 5.73. The Morgan fingerprint density at radius 3 is 2.80 bits per heavy atom. The largest absolute Gasteiger partial charge is 0.319 e. The van der Waals surface area contributed by atoms with Gasteiger partial charge >= 0.3 is 0 Å². The van der Waals surface area contributed by atoms with Gasteiger partial charge in [0.05, 0.1) is 17.8 Å². The summed E-state index contributed by atoms with van der Waals surface area (Å²) in [5.74, 6) is -0.448. The lowest BCUT2D eigenvalue weighted by Gasteiger charge is -2.07. The maximum Gasteiger partial charge on any atom is 0.248 e. The quantitative estimate of drug-likeness (QED) is 0.599. The summed E-state index contributed by atoms with van der Waals surface area (Å²) in [5.41, 5.74) is 2.27. The van der Waals surface area contributed by atoms with E-state index in [4.69, 9.17) is 11.6 Å². The molecule has 6 heteroatoms. The standard InChI is InChI=1S/C19H13ClFN3O/c20-14-4-1-3-12(9-14)17-7-8-24(23-17)11-13-10-18(25)22-19-15(13)5-2-6-16(19)21/h1-10H,11H2,(H,22,25). The number of aromatic amines is 1. The van der Waals surface area contributed by atoms with Crippen LogP contribution in [0.25, 0.3) is 22.2 Å². The Kier molecular flexibility index (Phi) is 3.86. The number of benzene rings is 2. The summed E-state index contributed by atoms with van der Waals surface area (Å²) >= 11 is 6.02. The molecule has 4 aromatic rings. The minimum atomic E-state index is -0.448. The first-order valence-corrected chi connectivity index (χ1v) is 8.08. The number of fused-ring (bicyclic) bond motifs is 1. The molecule has 0 spiro atoms. The minimum absolute atomic E-state index is 0.215. The number of halogens is 2. The van der Waals surface area contributed by atoms with Crippen LogP contribution in [0.3, 0.4) is 0 Å². The molecule has 2 aromatic heterocycles. The third kappa shape index (κ3) is 3.06. The number of nitrogens with one attached hydrogen (secondary N) is 1. The zero-order valence-corrected chi connectivity index (χ0v) is 13.8. The van der Waals surface area contributed by atoms with Crippen LogP contribution >= 0.6 is 11.6 Å². The summed E-state index contributed by atoms with van der Waals surface area (Å²) in [6.45, 7) is 0.366. The van der Waals surface area contributed by atoms with E-state index in [1.807, 2.05) is 30.5 Å². The molecule has 0 radical (unpaired) electrons. The zero-order valence-electron chi connectivity index (χ0n) is 13.0. The van der Waals surface area contributed by atoms with E-state index in [9.17, 15) is 9.18 Å². The monoisotopic (exact) mass is 353 g/mol. The highest BCUT2D eigenvalue weighted by Gasteiger charge is 2.09. The molecule has 4 rings (SSSR count). The highest BCUT2D eigenvalue weighted by molar-refractivity contribution is 6.30. The van der Waals surface area contributed by atoms with Crippen molar-refractivity contribution in [1.82, 2.24) is 14.8 Å². The van der Waals surface area contributed by atoms with Gasteiger partial charge in [0.15, 0.2) is 0 Å². The van der Waals surface area contributed by atoms with Gasteiger partial charge in [-0.3, -0.25) is 9.48 Å². The van der Waals surface area contributed by atoms with Gasteiger partial charge in [-0.05, 0) is 29.8 Å². The van der Waals surface area contributed by atoms with Crippen LogP contribution in [-0.4, -0.2) is 14.8 Å². The molecule has 2 heterocycles. The topological polar surface area (TPSA) is 50.7 Å². The van der Waals surface area contributed by atoms with Gasteiger partial charge in [0, 0.05) is 28.2 Å². The molecule has 124 valence electrons. The number of hydrogen-bond acceptors (Lipinski definition) is 2. The molecule has 0 aliphatic rings. The Labute approximate surface area is 147 Å². The molecule has 0 saturated carbocycles. The molecule has 25 heavy (non-hydrogen) atoms. The van der Waals surface area contributed by atoms with E-state index in [2.05, 4.69) is 10.1 Å². The van der Waals surface area contributed by atoms with Crippen LogP contribution in [0.2, 0.25) is 5.02 Å². The SMILES string of the molecule is O=c1cc(Cn2ccc(-c3cccc(Cl)c3)n2)c2cccc(F)c2[nH]1. The minimum Gasteiger partial charge on any atom is -0.319 e. The average Bonchev–Trinajstić information content (AvgIpc) is 3.04. The number of pyridine rings is 1. The van der Waals surface area contributed by atoms with Gasteiger partial charge in [-0.15, -0.1) is 0 Å². The Hall–Kier alpha value is -2.92. The van der Waals surface area contributed by atoms with Gasteiger partial charge in [0.2, 0.25) is 5.56 Å². The molecule has 4 nitrogen and oxygen atoms in total. The van der Waals surface area contributed by atoms with Crippen molar-refractivity contribution in [3.63, 3.8) is 0 Å². The third-order valence-corrected chi connectivity index (χ3v) is 4.24. The van der Waals surface area contributed by atoms with Crippen LogP contribution in [0, 0.1) is 5.82 Å². The van der Waals surface area contributed by atoms with Crippen molar-refractivity contribution < 1.29 is 4.39 Å². The molecule has 0 bridgehead atoms. The first kappa shape index (κ1) is 15.6. The fourth-order valence-electron chi connectivity index (χ4n) is 2.87. The van der Waals surface area contributed by atoms with E-state index in [1.54, 1.807) is 22.9 Å². The average molecular weight is 354 g/mol. The second kappa shape index (κ2) is 6.18. The lowest BCUT2D eigenvalue weighted by atomic mass is 10.1. The Bertz CT molecular complexity index is 1130. The first-order chi connectivity index (χ1) is 12.1. The van der Waals surface area contributed by atoms with E-state index in [0.29, 0.717) is 22.5 Å². The smallest absolute Gasteiger partial charge is 0.248 e. The van der Waals surface area contributed by atoms with Crippen molar-refractivity contribution in [1.29, 1.82) is 0 Å². The molecule has 0 atom stereocenters. The van der Waals surface area contributed by atoms with Crippen LogP contribution < -0.4 is 5.56 Å². The molecule has 0 saturated heterocycles. The fraction of sp³-hybridized carbons (Fsp3) is 0.0526. The lowest BCUT2D eigenvalue weighted by molar-refractivity contribution is 0.635. The van der Waals surface area contributed by atoms with Crippen LogP contribution in [-0.2, 0) is 6.54 Å². The van der Waals surface area contributed by atoms with E-state index >= 15 is 0 Å². The van der Waals surface area contributed by atoms with Crippen LogP contribution in [0.15, 0.2) is 65.6 Å². The third-order valence-electron chi connectivity index (χ3n) is 4.01. The van der Waals surface area contributed by atoms with Gasteiger partial charge in [0.1, 0.15) is 5.82 Å². The van der Waals surface area contributed by atoms with Crippen molar-refractivity contribution >= 4 is 22.5 Å². The van der Waals surface area contributed by atoms with Gasteiger partial charge < -0.3 is 4.98 Å². The number of para-hydroxylation sites is 1.